The number of carbonyl (C=O) groups is 1. The fourth-order valence-corrected chi connectivity index (χ4v) is 1.82. The summed E-state index contributed by atoms with van der Waals surface area (Å²) in [5.41, 5.74) is 0.675. The molecule has 1 aromatic carbocycles. The molecule has 1 unspecified atom stereocenters. The third-order valence-corrected chi connectivity index (χ3v) is 3.74. The number of carbonyl (C=O) groups excluding carboxylic acids is 1. The number of nitrogens with one attached hydrogen (secondary N) is 1. The third-order valence-electron chi connectivity index (χ3n) is 3.74. The molecule has 0 aliphatic carbocycles. The Kier molecular flexibility index (Phi) is 3.69. The van der Waals surface area contributed by atoms with Gasteiger partial charge < -0.3 is 14.8 Å². The smallest absolute Gasteiger partial charge is 0.231 e. The average Bonchev–Trinajstić information content (AvgIpc) is 2.85. The molecule has 1 amide bonds. The summed E-state index contributed by atoms with van der Waals surface area (Å²) in [6.07, 6.45) is 0.812. The van der Waals surface area contributed by atoms with Crippen molar-refractivity contribution in [3.8, 4) is 11.5 Å². The highest BCUT2D eigenvalue weighted by Crippen LogP contribution is 2.34. The fourth-order valence-electron chi connectivity index (χ4n) is 1.82. The predicted molar refractivity (Wildman–Crippen MR) is 73.2 cm³/mol. The number of amides is 1. The average molecular weight is 263 g/mol. The molecule has 104 valence electrons. The molecule has 0 fully saturated rings. The van der Waals surface area contributed by atoms with Crippen LogP contribution in [0.15, 0.2) is 18.2 Å². The van der Waals surface area contributed by atoms with E-state index in [0.29, 0.717) is 0 Å². The van der Waals surface area contributed by atoms with Crippen LogP contribution in [0.1, 0.15) is 45.7 Å². The number of hydrogen-bond acceptors (Lipinski definition) is 3. The molecule has 4 heteroatoms. The molecule has 0 radical (unpaired) electrons. The van der Waals surface area contributed by atoms with Gasteiger partial charge in [0.1, 0.15) is 0 Å². The summed E-state index contributed by atoms with van der Waals surface area (Å²) in [6, 6.07) is 5.71. The van der Waals surface area contributed by atoms with Gasteiger partial charge >= 0.3 is 0 Å². The maximum atomic E-state index is 12.1. The van der Waals surface area contributed by atoms with Crippen LogP contribution in [0.5, 0.6) is 11.5 Å². The minimum absolute atomic E-state index is 0.0483. The number of rotatable bonds is 4. The van der Waals surface area contributed by atoms with E-state index in [1.54, 1.807) is 0 Å². The standard InChI is InChI=1S/C15H21NO3/c1-5-15(3,4)14(17)16-10(2)11-6-7-12-13(8-11)19-9-18-12/h6-8,10H,5,9H2,1-4H3,(H,16,17). The van der Waals surface area contributed by atoms with Crippen LogP contribution in [0.3, 0.4) is 0 Å². The molecule has 1 aliphatic rings. The number of hydrogen-bond donors (Lipinski definition) is 1. The molecule has 1 aromatic rings. The van der Waals surface area contributed by atoms with Crippen LogP contribution in [0.25, 0.3) is 0 Å². The molecular formula is C15H21NO3. The Morgan fingerprint density at radius 1 is 1.37 bits per heavy atom. The van der Waals surface area contributed by atoms with E-state index in [9.17, 15) is 4.79 Å². The Morgan fingerprint density at radius 3 is 2.74 bits per heavy atom. The zero-order chi connectivity index (χ0) is 14.0. The van der Waals surface area contributed by atoms with Crippen molar-refractivity contribution in [3.63, 3.8) is 0 Å². The van der Waals surface area contributed by atoms with Gasteiger partial charge in [-0.1, -0.05) is 26.8 Å². The maximum absolute atomic E-state index is 12.1. The topological polar surface area (TPSA) is 47.6 Å². The van der Waals surface area contributed by atoms with Crippen molar-refractivity contribution in [1.82, 2.24) is 5.32 Å². The minimum atomic E-state index is -0.343. The van der Waals surface area contributed by atoms with Gasteiger partial charge in [0.05, 0.1) is 6.04 Å². The van der Waals surface area contributed by atoms with Gasteiger partial charge in [0, 0.05) is 5.41 Å². The van der Waals surface area contributed by atoms with E-state index in [1.165, 1.54) is 0 Å². The summed E-state index contributed by atoms with van der Waals surface area (Å²) >= 11 is 0. The molecule has 2 rings (SSSR count). The van der Waals surface area contributed by atoms with Crippen molar-refractivity contribution in [2.45, 2.75) is 40.2 Å². The van der Waals surface area contributed by atoms with Crippen molar-refractivity contribution in [2.24, 2.45) is 5.41 Å². The third kappa shape index (κ3) is 2.83. The van der Waals surface area contributed by atoms with Crippen molar-refractivity contribution < 1.29 is 14.3 Å². The van der Waals surface area contributed by atoms with E-state index in [4.69, 9.17) is 9.47 Å². The van der Waals surface area contributed by atoms with Crippen LogP contribution in [-0.2, 0) is 4.79 Å². The lowest BCUT2D eigenvalue weighted by Crippen LogP contribution is -2.37. The van der Waals surface area contributed by atoms with Crippen LogP contribution in [-0.4, -0.2) is 12.7 Å². The highest BCUT2D eigenvalue weighted by atomic mass is 16.7. The van der Waals surface area contributed by atoms with E-state index < -0.39 is 0 Å². The Bertz CT molecular complexity index is 482. The molecule has 0 saturated carbocycles. The fraction of sp³-hybridized carbons (Fsp3) is 0.533. The van der Waals surface area contributed by atoms with E-state index in [0.717, 1.165) is 23.5 Å². The lowest BCUT2D eigenvalue weighted by molar-refractivity contribution is -0.130. The lowest BCUT2D eigenvalue weighted by atomic mass is 9.89. The summed E-state index contributed by atoms with van der Waals surface area (Å²) in [6.45, 7) is 8.16. The van der Waals surface area contributed by atoms with Gasteiger partial charge in [0.25, 0.3) is 0 Å². The van der Waals surface area contributed by atoms with Gasteiger partial charge in [0.15, 0.2) is 11.5 Å². The van der Waals surface area contributed by atoms with Crippen LogP contribution < -0.4 is 14.8 Å². The van der Waals surface area contributed by atoms with Gasteiger partial charge in [-0.3, -0.25) is 4.79 Å². The molecule has 1 aliphatic heterocycles. The monoisotopic (exact) mass is 263 g/mol. The van der Waals surface area contributed by atoms with Crippen LogP contribution >= 0.6 is 0 Å². The van der Waals surface area contributed by atoms with E-state index in [1.807, 2.05) is 45.9 Å². The van der Waals surface area contributed by atoms with E-state index in [2.05, 4.69) is 5.32 Å². The first kappa shape index (κ1) is 13.7. The highest BCUT2D eigenvalue weighted by molar-refractivity contribution is 5.82. The normalized spacial score (nSPS) is 15.2. The number of ether oxygens (including phenoxy) is 2. The molecular weight excluding hydrogens is 242 g/mol. The number of fused-ring (bicyclic) bond motifs is 1. The molecule has 0 spiro atoms. The molecule has 1 heterocycles. The quantitative estimate of drug-likeness (QED) is 0.908. The van der Waals surface area contributed by atoms with Crippen LogP contribution in [0.4, 0.5) is 0 Å². The van der Waals surface area contributed by atoms with E-state index >= 15 is 0 Å². The summed E-state index contributed by atoms with van der Waals surface area (Å²) in [7, 11) is 0. The molecule has 1 N–H and O–H groups in total. The largest absolute Gasteiger partial charge is 0.454 e. The Morgan fingerprint density at radius 2 is 2.05 bits per heavy atom. The van der Waals surface area contributed by atoms with Crippen molar-refractivity contribution in [2.75, 3.05) is 6.79 Å². The Hall–Kier alpha value is -1.71. The van der Waals surface area contributed by atoms with Crippen molar-refractivity contribution >= 4 is 5.91 Å². The van der Waals surface area contributed by atoms with Gasteiger partial charge in [-0.05, 0) is 31.0 Å². The summed E-state index contributed by atoms with van der Waals surface area (Å²) in [4.78, 5) is 12.1. The highest BCUT2D eigenvalue weighted by Gasteiger charge is 2.27. The van der Waals surface area contributed by atoms with Gasteiger partial charge in [-0.2, -0.15) is 0 Å². The minimum Gasteiger partial charge on any atom is -0.454 e. The zero-order valence-corrected chi connectivity index (χ0v) is 11.9. The van der Waals surface area contributed by atoms with Crippen molar-refractivity contribution in [3.05, 3.63) is 23.8 Å². The molecule has 0 bridgehead atoms. The first-order chi connectivity index (χ1) is 8.94. The maximum Gasteiger partial charge on any atom is 0.231 e. The SMILES string of the molecule is CCC(C)(C)C(=O)NC(C)c1ccc2c(c1)OCO2. The summed E-state index contributed by atoms with van der Waals surface area (Å²) in [5.74, 6) is 1.57. The van der Waals surface area contributed by atoms with Crippen LogP contribution in [0.2, 0.25) is 0 Å². The zero-order valence-electron chi connectivity index (χ0n) is 11.9. The molecule has 1 atom stereocenters. The lowest BCUT2D eigenvalue weighted by Gasteiger charge is -2.24. The van der Waals surface area contributed by atoms with Crippen LogP contribution in [0, 0.1) is 5.41 Å². The van der Waals surface area contributed by atoms with Gasteiger partial charge in [-0.25, -0.2) is 0 Å². The van der Waals surface area contributed by atoms with Gasteiger partial charge in [0.2, 0.25) is 12.7 Å². The molecule has 4 nitrogen and oxygen atoms in total. The van der Waals surface area contributed by atoms with Gasteiger partial charge in [-0.15, -0.1) is 0 Å². The number of benzene rings is 1. The Labute approximate surface area is 114 Å². The summed E-state index contributed by atoms with van der Waals surface area (Å²) in [5, 5.41) is 3.04. The predicted octanol–water partition coefficient (Wildman–Crippen LogP) is 3.03. The first-order valence-electron chi connectivity index (χ1n) is 6.64. The molecule has 19 heavy (non-hydrogen) atoms. The van der Waals surface area contributed by atoms with E-state index in [-0.39, 0.29) is 24.2 Å². The second-order valence-corrected chi connectivity index (χ2v) is 5.55. The second kappa shape index (κ2) is 5.11. The second-order valence-electron chi connectivity index (χ2n) is 5.55. The van der Waals surface area contributed by atoms with Crippen molar-refractivity contribution in [1.29, 1.82) is 0 Å². The molecule has 0 aromatic heterocycles. The molecule has 0 saturated heterocycles. The Balaban J connectivity index is 2.08. The summed E-state index contributed by atoms with van der Waals surface area (Å²) < 4.78 is 10.6. The first-order valence-corrected chi connectivity index (χ1v) is 6.64.